The fraction of sp³-hybridized carbons (Fsp3) is 1.00. The van der Waals surface area contributed by atoms with Gasteiger partial charge in [0.15, 0.2) is 0 Å². The van der Waals surface area contributed by atoms with E-state index in [4.69, 9.17) is 0 Å². The van der Waals surface area contributed by atoms with Gasteiger partial charge in [0.25, 0.3) is 0 Å². The van der Waals surface area contributed by atoms with Crippen LogP contribution in [0.5, 0.6) is 0 Å². The lowest BCUT2D eigenvalue weighted by molar-refractivity contribution is 0.0898. The highest BCUT2D eigenvalue weighted by atomic mass is 16.3. The molecule has 0 radical (unpaired) electrons. The largest absolute Gasteiger partial charge is 0.396 e. The second-order valence-electron chi connectivity index (χ2n) is 6.41. The van der Waals surface area contributed by atoms with Gasteiger partial charge in [-0.05, 0) is 24.7 Å². The van der Waals surface area contributed by atoms with Crippen molar-refractivity contribution in [3.05, 3.63) is 0 Å². The van der Waals surface area contributed by atoms with Crippen LogP contribution in [0.25, 0.3) is 0 Å². The van der Waals surface area contributed by atoms with Crippen molar-refractivity contribution < 1.29 is 10.2 Å². The third-order valence-electron chi connectivity index (χ3n) is 4.36. The molecule has 1 heterocycles. The first-order valence-corrected chi connectivity index (χ1v) is 7.71. The second-order valence-corrected chi connectivity index (χ2v) is 6.41. The van der Waals surface area contributed by atoms with Crippen LogP contribution < -0.4 is 0 Å². The van der Waals surface area contributed by atoms with E-state index in [1.54, 1.807) is 0 Å². The van der Waals surface area contributed by atoms with E-state index in [1.165, 1.54) is 0 Å². The molecule has 4 nitrogen and oxygen atoms in total. The molecule has 0 amide bonds. The van der Waals surface area contributed by atoms with Crippen LogP contribution in [0.4, 0.5) is 0 Å². The Hall–Kier alpha value is -0.160. The van der Waals surface area contributed by atoms with Crippen LogP contribution in [-0.2, 0) is 0 Å². The van der Waals surface area contributed by atoms with E-state index in [0.29, 0.717) is 23.9 Å². The predicted molar refractivity (Wildman–Crippen MR) is 78.9 cm³/mol. The lowest BCUT2D eigenvalue weighted by atomic mass is 9.99. The van der Waals surface area contributed by atoms with E-state index in [-0.39, 0.29) is 13.2 Å². The number of rotatable bonds is 8. The average molecular weight is 272 g/mol. The first kappa shape index (κ1) is 16.9. The summed E-state index contributed by atoms with van der Waals surface area (Å²) in [7, 11) is 0. The second kappa shape index (κ2) is 8.20. The molecule has 1 fully saturated rings. The summed E-state index contributed by atoms with van der Waals surface area (Å²) >= 11 is 0. The summed E-state index contributed by atoms with van der Waals surface area (Å²) in [6.07, 6.45) is 1.72. The molecule has 2 atom stereocenters. The predicted octanol–water partition coefficient (Wildman–Crippen LogP) is 1.38. The van der Waals surface area contributed by atoms with Gasteiger partial charge in [-0.25, -0.2) is 0 Å². The van der Waals surface area contributed by atoms with Crippen LogP contribution in [0, 0.1) is 11.8 Å². The molecule has 0 spiro atoms. The molecular formula is C15H32N2O2. The Bertz CT molecular complexity index is 222. The Labute approximate surface area is 118 Å². The van der Waals surface area contributed by atoms with Crippen molar-refractivity contribution >= 4 is 0 Å². The van der Waals surface area contributed by atoms with Gasteiger partial charge in [-0.15, -0.1) is 0 Å². The first-order chi connectivity index (χ1) is 9.01. The van der Waals surface area contributed by atoms with E-state index >= 15 is 0 Å². The number of aliphatic hydroxyl groups excluding tert-OH is 2. The van der Waals surface area contributed by atoms with Crippen LogP contribution in [0.1, 0.15) is 40.5 Å². The summed E-state index contributed by atoms with van der Waals surface area (Å²) in [6.45, 7) is 12.6. The number of nitrogens with zero attached hydrogens (tertiary/aromatic N) is 2. The maximum Gasteiger partial charge on any atom is 0.0512 e. The van der Waals surface area contributed by atoms with Crippen LogP contribution in [0.2, 0.25) is 0 Å². The summed E-state index contributed by atoms with van der Waals surface area (Å²) in [5.41, 5.74) is 0. The van der Waals surface area contributed by atoms with Crippen molar-refractivity contribution in [3.8, 4) is 0 Å². The van der Waals surface area contributed by atoms with E-state index < -0.39 is 0 Å². The zero-order chi connectivity index (χ0) is 14.4. The fourth-order valence-electron chi connectivity index (χ4n) is 3.31. The summed E-state index contributed by atoms with van der Waals surface area (Å²) in [4.78, 5) is 4.99. The quantitative estimate of drug-likeness (QED) is 0.701. The lowest BCUT2D eigenvalue weighted by Gasteiger charge is -2.34. The molecule has 1 rings (SSSR count). The van der Waals surface area contributed by atoms with Crippen molar-refractivity contribution in [3.63, 3.8) is 0 Å². The van der Waals surface area contributed by atoms with Crippen molar-refractivity contribution in [1.82, 2.24) is 9.80 Å². The van der Waals surface area contributed by atoms with Crippen LogP contribution >= 0.6 is 0 Å². The zero-order valence-electron chi connectivity index (χ0n) is 13.0. The van der Waals surface area contributed by atoms with Gasteiger partial charge in [0.2, 0.25) is 0 Å². The Balaban J connectivity index is 2.59. The molecule has 114 valence electrons. The molecule has 19 heavy (non-hydrogen) atoms. The van der Waals surface area contributed by atoms with Gasteiger partial charge < -0.3 is 10.2 Å². The van der Waals surface area contributed by atoms with Crippen molar-refractivity contribution in [2.75, 3.05) is 33.0 Å². The number of aliphatic hydroxyl groups is 2. The molecular weight excluding hydrogens is 240 g/mol. The number of hydrogen-bond acceptors (Lipinski definition) is 4. The van der Waals surface area contributed by atoms with E-state index in [9.17, 15) is 10.2 Å². The Kier molecular flexibility index (Phi) is 7.29. The molecule has 2 N–H and O–H groups in total. The SMILES string of the molecule is CC(C)[C@@H](CCO)N1CCN([C@H](CCO)C(C)C)C1. The Morgan fingerprint density at radius 3 is 1.42 bits per heavy atom. The van der Waals surface area contributed by atoms with Crippen LogP contribution in [0.15, 0.2) is 0 Å². The van der Waals surface area contributed by atoms with Gasteiger partial charge in [0, 0.05) is 38.4 Å². The van der Waals surface area contributed by atoms with Gasteiger partial charge in [0.05, 0.1) is 6.67 Å². The van der Waals surface area contributed by atoms with Gasteiger partial charge >= 0.3 is 0 Å². The van der Waals surface area contributed by atoms with Gasteiger partial charge in [-0.1, -0.05) is 27.7 Å². The third-order valence-corrected chi connectivity index (χ3v) is 4.36. The third kappa shape index (κ3) is 4.71. The zero-order valence-corrected chi connectivity index (χ0v) is 13.0. The molecule has 0 aromatic rings. The van der Waals surface area contributed by atoms with Crippen molar-refractivity contribution in [2.24, 2.45) is 11.8 Å². The smallest absolute Gasteiger partial charge is 0.0512 e. The molecule has 1 saturated heterocycles. The molecule has 0 bridgehead atoms. The minimum absolute atomic E-state index is 0.267. The van der Waals surface area contributed by atoms with Crippen LogP contribution in [0.3, 0.4) is 0 Å². The van der Waals surface area contributed by atoms with Gasteiger partial charge in [-0.3, -0.25) is 9.80 Å². The van der Waals surface area contributed by atoms with Gasteiger partial charge in [-0.2, -0.15) is 0 Å². The maximum absolute atomic E-state index is 9.22. The molecule has 1 aliphatic rings. The van der Waals surface area contributed by atoms with Gasteiger partial charge in [0.1, 0.15) is 0 Å². The van der Waals surface area contributed by atoms with E-state index in [2.05, 4.69) is 37.5 Å². The highest BCUT2D eigenvalue weighted by Gasteiger charge is 2.32. The van der Waals surface area contributed by atoms with E-state index in [1.807, 2.05) is 0 Å². The highest BCUT2D eigenvalue weighted by Crippen LogP contribution is 2.23. The molecule has 1 aliphatic heterocycles. The number of hydrogen-bond donors (Lipinski definition) is 2. The van der Waals surface area contributed by atoms with Crippen molar-refractivity contribution in [1.29, 1.82) is 0 Å². The summed E-state index contributed by atoms with van der Waals surface area (Å²) in [5, 5.41) is 18.4. The summed E-state index contributed by atoms with van der Waals surface area (Å²) in [6, 6.07) is 0.939. The molecule has 0 aromatic carbocycles. The molecule has 0 unspecified atom stereocenters. The molecule has 0 aromatic heterocycles. The minimum atomic E-state index is 0.267. The van der Waals surface area contributed by atoms with E-state index in [0.717, 1.165) is 32.6 Å². The summed E-state index contributed by atoms with van der Waals surface area (Å²) in [5.74, 6) is 1.14. The Morgan fingerprint density at radius 1 is 0.789 bits per heavy atom. The first-order valence-electron chi connectivity index (χ1n) is 7.71. The highest BCUT2D eigenvalue weighted by molar-refractivity contribution is 4.85. The molecule has 4 heteroatoms. The lowest BCUT2D eigenvalue weighted by Crippen LogP contribution is -2.42. The average Bonchev–Trinajstić information content (AvgIpc) is 2.81. The monoisotopic (exact) mass is 272 g/mol. The molecule has 0 saturated carbocycles. The fourth-order valence-corrected chi connectivity index (χ4v) is 3.31. The minimum Gasteiger partial charge on any atom is -0.396 e. The van der Waals surface area contributed by atoms with Crippen molar-refractivity contribution in [2.45, 2.75) is 52.6 Å². The van der Waals surface area contributed by atoms with Crippen LogP contribution in [-0.4, -0.2) is 65.1 Å². The molecule has 0 aliphatic carbocycles. The normalized spacial score (nSPS) is 21.5. The maximum atomic E-state index is 9.22. The topological polar surface area (TPSA) is 46.9 Å². The standard InChI is InChI=1S/C15H32N2O2/c1-12(2)14(5-9-18)16-7-8-17(11-16)15(6-10-19)13(3)4/h12-15,18-19H,5-11H2,1-4H3/t14-,15-/m1/s1. The summed E-state index contributed by atoms with van der Waals surface area (Å²) < 4.78 is 0. The Morgan fingerprint density at radius 2 is 1.16 bits per heavy atom.